The number of nitrogens with one attached hydrogen (secondary N) is 2. The average Bonchev–Trinajstić information content (AvgIpc) is 2.90. The normalized spacial score (nSPS) is 10.8. The van der Waals surface area contributed by atoms with Crippen LogP contribution in [0.1, 0.15) is 17.8 Å². The molecule has 0 fully saturated rings. The van der Waals surface area contributed by atoms with Crippen molar-refractivity contribution in [1.82, 2.24) is 15.0 Å². The average molecular weight is 314 g/mol. The van der Waals surface area contributed by atoms with Crippen LogP contribution in [0.25, 0.3) is 11.0 Å². The van der Waals surface area contributed by atoms with Crippen molar-refractivity contribution in [3.63, 3.8) is 0 Å². The number of aromatic amines is 1. The third-order valence-electron chi connectivity index (χ3n) is 3.12. The highest BCUT2D eigenvalue weighted by Gasteiger charge is 2.09. The molecule has 2 heterocycles. The summed E-state index contributed by atoms with van der Waals surface area (Å²) in [5.41, 5.74) is 2.39. The molecule has 112 valence electrons. The van der Waals surface area contributed by atoms with Gasteiger partial charge in [0.15, 0.2) is 5.13 Å². The molecule has 0 radical (unpaired) electrons. The second-order valence-electron chi connectivity index (χ2n) is 4.87. The van der Waals surface area contributed by atoms with Crippen molar-refractivity contribution in [3.05, 3.63) is 51.4 Å². The predicted octanol–water partition coefficient (Wildman–Crippen LogP) is 2.26. The van der Waals surface area contributed by atoms with E-state index >= 15 is 0 Å². The van der Waals surface area contributed by atoms with Gasteiger partial charge in [-0.1, -0.05) is 12.1 Å². The van der Waals surface area contributed by atoms with Crippen LogP contribution in [0.2, 0.25) is 0 Å². The molecule has 7 heteroatoms. The Balaban J connectivity index is 1.69. The largest absolute Gasteiger partial charge is 0.319 e. The Morgan fingerprint density at radius 2 is 2.14 bits per heavy atom. The summed E-state index contributed by atoms with van der Waals surface area (Å²) in [4.78, 5) is 35.1. The lowest BCUT2D eigenvalue weighted by atomic mass is 10.2. The van der Waals surface area contributed by atoms with Gasteiger partial charge in [0, 0.05) is 18.2 Å². The number of para-hydroxylation sites is 2. The minimum absolute atomic E-state index is 0.177. The third kappa shape index (κ3) is 3.20. The number of hydrogen-bond acceptors (Lipinski definition) is 5. The highest BCUT2D eigenvalue weighted by Crippen LogP contribution is 2.14. The second-order valence-corrected chi connectivity index (χ2v) is 5.73. The summed E-state index contributed by atoms with van der Waals surface area (Å²) in [6.45, 7) is 1.87. The second kappa shape index (κ2) is 6.07. The van der Waals surface area contributed by atoms with Crippen LogP contribution in [0.15, 0.2) is 34.4 Å². The summed E-state index contributed by atoms with van der Waals surface area (Å²) in [6, 6.07) is 7.32. The molecule has 0 aliphatic rings. The van der Waals surface area contributed by atoms with Gasteiger partial charge in [-0.15, -0.1) is 11.3 Å². The molecule has 6 nitrogen and oxygen atoms in total. The minimum atomic E-state index is -0.253. The van der Waals surface area contributed by atoms with E-state index in [1.807, 2.05) is 30.5 Å². The van der Waals surface area contributed by atoms with E-state index in [9.17, 15) is 9.59 Å². The van der Waals surface area contributed by atoms with Gasteiger partial charge in [-0.2, -0.15) is 0 Å². The summed E-state index contributed by atoms with van der Waals surface area (Å²) in [5, 5.41) is 5.16. The smallest absolute Gasteiger partial charge is 0.270 e. The molecule has 2 N–H and O–H groups in total. The van der Waals surface area contributed by atoms with Gasteiger partial charge in [-0.3, -0.25) is 9.59 Å². The van der Waals surface area contributed by atoms with E-state index in [0.29, 0.717) is 21.9 Å². The number of fused-ring (bicyclic) bond motifs is 1. The molecule has 0 unspecified atom stereocenters. The maximum atomic E-state index is 11.9. The predicted molar refractivity (Wildman–Crippen MR) is 86.2 cm³/mol. The summed E-state index contributed by atoms with van der Waals surface area (Å²) in [7, 11) is 0. The molecule has 3 rings (SSSR count). The summed E-state index contributed by atoms with van der Waals surface area (Å²) >= 11 is 1.38. The maximum Gasteiger partial charge on any atom is 0.270 e. The molecule has 0 atom stereocenters. The number of hydrogen-bond donors (Lipinski definition) is 2. The number of benzene rings is 1. The van der Waals surface area contributed by atoms with Gasteiger partial charge in [-0.05, 0) is 19.1 Å². The highest BCUT2D eigenvalue weighted by atomic mass is 32.1. The van der Waals surface area contributed by atoms with E-state index in [0.717, 1.165) is 5.69 Å². The van der Waals surface area contributed by atoms with Gasteiger partial charge in [0.25, 0.3) is 5.56 Å². The van der Waals surface area contributed by atoms with E-state index in [2.05, 4.69) is 20.3 Å². The van der Waals surface area contributed by atoms with E-state index in [1.54, 1.807) is 6.07 Å². The lowest BCUT2D eigenvalue weighted by molar-refractivity contribution is -0.116. The fourth-order valence-electron chi connectivity index (χ4n) is 2.06. The van der Waals surface area contributed by atoms with Crippen LogP contribution in [0.3, 0.4) is 0 Å². The van der Waals surface area contributed by atoms with Crippen molar-refractivity contribution >= 4 is 33.4 Å². The number of H-pyrrole nitrogens is 1. The number of nitrogens with zero attached hydrogens (tertiary/aromatic N) is 2. The Morgan fingerprint density at radius 1 is 1.32 bits per heavy atom. The van der Waals surface area contributed by atoms with Gasteiger partial charge < -0.3 is 10.3 Å². The molecule has 0 spiro atoms. The van der Waals surface area contributed by atoms with Crippen LogP contribution in [0.5, 0.6) is 0 Å². The Hall–Kier alpha value is -2.54. The van der Waals surface area contributed by atoms with E-state index in [4.69, 9.17) is 0 Å². The zero-order chi connectivity index (χ0) is 15.5. The number of rotatable bonds is 4. The van der Waals surface area contributed by atoms with Crippen molar-refractivity contribution in [2.45, 2.75) is 19.8 Å². The molecule has 1 amide bonds. The first-order valence-electron chi connectivity index (χ1n) is 6.82. The molecule has 3 aromatic rings. The van der Waals surface area contributed by atoms with Crippen molar-refractivity contribution in [2.24, 2.45) is 0 Å². The van der Waals surface area contributed by atoms with Crippen LogP contribution < -0.4 is 10.9 Å². The first-order valence-corrected chi connectivity index (χ1v) is 7.70. The highest BCUT2D eigenvalue weighted by molar-refractivity contribution is 7.13. The van der Waals surface area contributed by atoms with Crippen LogP contribution in [-0.4, -0.2) is 20.9 Å². The Labute approximate surface area is 130 Å². The monoisotopic (exact) mass is 314 g/mol. The molecule has 1 aromatic carbocycles. The molecule has 0 saturated carbocycles. The number of thiazole rings is 1. The zero-order valence-electron chi connectivity index (χ0n) is 11.9. The van der Waals surface area contributed by atoms with E-state index in [-0.39, 0.29) is 24.3 Å². The van der Waals surface area contributed by atoms with E-state index < -0.39 is 0 Å². The first-order chi connectivity index (χ1) is 10.6. The number of amides is 1. The fraction of sp³-hybridized carbons (Fsp3) is 0.200. The lowest BCUT2D eigenvalue weighted by Crippen LogP contribution is -2.18. The van der Waals surface area contributed by atoms with Crippen molar-refractivity contribution in [2.75, 3.05) is 5.32 Å². The first kappa shape index (κ1) is 14.4. The van der Waals surface area contributed by atoms with Crippen molar-refractivity contribution < 1.29 is 4.79 Å². The van der Waals surface area contributed by atoms with Gasteiger partial charge in [0.1, 0.15) is 5.69 Å². The fourth-order valence-corrected chi connectivity index (χ4v) is 2.77. The SMILES string of the molecule is Cc1csc(NC(=O)CCc2nc3ccccc3[nH]c2=O)n1. The number of carbonyl (C=O) groups excluding carboxylic acids is 1. The zero-order valence-corrected chi connectivity index (χ0v) is 12.7. The molecular formula is C15H14N4O2S. The Bertz CT molecular complexity index is 884. The summed E-state index contributed by atoms with van der Waals surface area (Å²) in [5.74, 6) is -0.177. The van der Waals surface area contributed by atoms with Gasteiger partial charge >= 0.3 is 0 Å². The van der Waals surface area contributed by atoms with Crippen LogP contribution in [0.4, 0.5) is 5.13 Å². The molecule has 22 heavy (non-hydrogen) atoms. The number of aryl methyl sites for hydroxylation is 2. The molecule has 0 aliphatic carbocycles. The Morgan fingerprint density at radius 3 is 2.91 bits per heavy atom. The standard InChI is InChI=1S/C15H14N4O2S/c1-9-8-22-15(16-9)19-13(20)7-6-12-14(21)18-11-5-3-2-4-10(11)17-12/h2-5,8H,6-7H2,1H3,(H,18,21)(H,16,19,20). The van der Waals surface area contributed by atoms with Crippen LogP contribution >= 0.6 is 11.3 Å². The van der Waals surface area contributed by atoms with Gasteiger partial charge in [0.2, 0.25) is 5.91 Å². The van der Waals surface area contributed by atoms with Crippen LogP contribution in [0, 0.1) is 6.92 Å². The van der Waals surface area contributed by atoms with Crippen molar-refractivity contribution in [3.8, 4) is 0 Å². The molecule has 0 aliphatic heterocycles. The Kier molecular flexibility index (Phi) is 3.97. The quantitative estimate of drug-likeness (QED) is 0.773. The minimum Gasteiger partial charge on any atom is -0.319 e. The maximum absolute atomic E-state index is 11.9. The topological polar surface area (TPSA) is 87.7 Å². The lowest BCUT2D eigenvalue weighted by Gasteiger charge is -2.03. The van der Waals surface area contributed by atoms with Gasteiger partial charge in [-0.25, -0.2) is 9.97 Å². The summed E-state index contributed by atoms with van der Waals surface area (Å²) in [6.07, 6.45) is 0.476. The molecule has 2 aromatic heterocycles. The number of anilines is 1. The molecule has 0 saturated heterocycles. The third-order valence-corrected chi connectivity index (χ3v) is 4.00. The number of aromatic nitrogens is 3. The molecule has 0 bridgehead atoms. The van der Waals surface area contributed by atoms with Crippen LogP contribution in [-0.2, 0) is 11.2 Å². The van der Waals surface area contributed by atoms with E-state index in [1.165, 1.54) is 11.3 Å². The van der Waals surface area contributed by atoms with Gasteiger partial charge in [0.05, 0.1) is 16.7 Å². The number of carbonyl (C=O) groups is 1. The summed E-state index contributed by atoms with van der Waals surface area (Å²) < 4.78 is 0. The molecular weight excluding hydrogens is 300 g/mol. The van der Waals surface area contributed by atoms with Crippen molar-refractivity contribution in [1.29, 1.82) is 0 Å².